The first-order valence-corrected chi connectivity index (χ1v) is 8.51. The summed E-state index contributed by atoms with van der Waals surface area (Å²) in [7, 11) is 1.39. The molecule has 1 unspecified atom stereocenters. The lowest BCUT2D eigenvalue weighted by atomic mass is 9.98. The van der Waals surface area contributed by atoms with Crippen molar-refractivity contribution in [2.45, 2.75) is 39.5 Å². The number of ether oxygens (including phenoxy) is 2. The van der Waals surface area contributed by atoms with Crippen molar-refractivity contribution < 1.29 is 19.1 Å². The number of nitrogens with zero attached hydrogens (tertiary/aromatic N) is 1. The lowest BCUT2D eigenvalue weighted by molar-refractivity contribution is -0.149. The van der Waals surface area contributed by atoms with Crippen LogP contribution in [0.5, 0.6) is 5.75 Å². The lowest BCUT2D eigenvalue weighted by Crippen LogP contribution is -2.44. The highest BCUT2D eigenvalue weighted by Gasteiger charge is 2.29. The van der Waals surface area contributed by atoms with E-state index in [0.717, 1.165) is 29.7 Å². The van der Waals surface area contributed by atoms with Crippen LogP contribution in [0.25, 0.3) is 0 Å². The number of rotatable bonds is 5. The summed E-state index contributed by atoms with van der Waals surface area (Å²) in [6.07, 6.45) is 1.58. The third kappa shape index (κ3) is 4.49. The maximum Gasteiger partial charge on any atom is 0.310 e. The molecule has 1 amide bonds. The smallest absolute Gasteiger partial charge is 0.310 e. The molecule has 0 radical (unpaired) electrons. The van der Waals surface area contributed by atoms with Crippen LogP contribution in [0.2, 0.25) is 0 Å². The number of likely N-dealkylation sites (tertiary alicyclic amines) is 1. The molecule has 1 saturated heterocycles. The first kappa shape index (κ1) is 18.3. The molecule has 1 aliphatic rings. The number of carbonyl (C=O) groups excluding carboxylic acids is 2. The van der Waals surface area contributed by atoms with Gasteiger partial charge in [-0.05, 0) is 42.9 Å². The monoisotopic (exact) mass is 333 g/mol. The molecule has 2 rings (SSSR count). The van der Waals surface area contributed by atoms with Gasteiger partial charge in [-0.25, -0.2) is 0 Å². The summed E-state index contributed by atoms with van der Waals surface area (Å²) in [5.74, 6) is 0.543. The molecule has 132 valence electrons. The molecule has 0 saturated carbocycles. The fraction of sp³-hybridized carbons (Fsp3) is 0.579. The fourth-order valence-electron chi connectivity index (χ4n) is 3.04. The summed E-state index contributed by atoms with van der Waals surface area (Å²) in [5, 5.41) is 0. The third-order valence-electron chi connectivity index (χ3n) is 4.45. The summed E-state index contributed by atoms with van der Waals surface area (Å²) in [6.45, 7) is 7.29. The first-order valence-electron chi connectivity index (χ1n) is 8.51. The van der Waals surface area contributed by atoms with E-state index in [4.69, 9.17) is 9.47 Å². The molecule has 0 spiro atoms. The standard InChI is InChI=1S/C19H27NO4/c1-13(2)16-8-7-14(3)10-17(16)24-12-18(21)20-9-5-6-15(11-20)19(22)23-4/h7-8,10,13,15H,5-6,9,11-12H2,1-4H3. The summed E-state index contributed by atoms with van der Waals surface area (Å²) >= 11 is 0. The van der Waals surface area contributed by atoms with E-state index in [9.17, 15) is 9.59 Å². The molecular weight excluding hydrogens is 306 g/mol. The summed E-state index contributed by atoms with van der Waals surface area (Å²) in [5.41, 5.74) is 2.20. The van der Waals surface area contributed by atoms with E-state index in [1.807, 2.05) is 19.1 Å². The van der Waals surface area contributed by atoms with E-state index in [-0.39, 0.29) is 24.4 Å². The zero-order valence-corrected chi connectivity index (χ0v) is 15.0. The molecule has 5 heteroatoms. The van der Waals surface area contributed by atoms with Crippen LogP contribution in [-0.4, -0.2) is 43.6 Å². The normalized spacial score (nSPS) is 17.7. The van der Waals surface area contributed by atoms with Gasteiger partial charge < -0.3 is 14.4 Å². The molecule has 0 aromatic heterocycles. The second-order valence-electron chi connectivity index (χ2n) is 6.69. The van der Waals surface area contributed by atoms with Crippen LogP contribution in [0.15, 0.2) is 18.2 Å². The average molecular weight is 333 g/mol. The Bertz CT molecular complexity index is 597. The molecule has 0 bridgehead atoms. The Balaban J connectivity index is 1.98. The predicted octanol–water partition coefficient (Wildman–Crippen LogP) is 2.91. The van der Waals surface area contributed by atoms with Gasteiger partial charge >= 0.3 is 5.97 Å². The first-order chi connectivity index (χ1) is 11.4. The molecule has 24 heavy (non-hydrogen) atoms. The van der Waals surface area contributed by atoms with Crippen molar-refractivity contribution in [2.75, 3.05) is 26.8 Å². The minimum Gasteiger partial charge on any atom is -0.483 e. The van der Waals surface area contributed by atoms with Crippen LogP contribution >= 0.6 is 0 Å². The minimum absolute atomic E-state index is 0.00291. The topological polar surface area (TPSA) is 55.8 Å². The van der Waals surface area contributed by atoms with Crippen LogP contribution in [0.1, 0.15) is 43.7 Å². The van der Waals surface area contributed by atoms with Crippen LogP contribution in [-0.2, 0) is 14.3 Å². The van der Waals surface area contributed by atoms with Gasteiger partial charge in [0.2, 0.25) is 0 Å². The Kier molecular flexibility index (Phi) is 6.23. The molecule has 1 aromatic carbocycles. The van der Waals surface area contributed by atoms with Gasteiger partial charge in [0.05, 0.1) is 13.0 Å². The molecule has 1 fully saturated rings. The van der Waals surface area contributed by atoms with E-state index in [0.29, 0.717) is 19.0 Å². The Morgan fingerprint density at radius 1 is 1.33 bits per heavy atom. The maximum atomic E-state index is 12.4. The predicted molar refractivity (Wildman–Crippen MR) is 92.1 cm³/mol. The SMILES string of the molecule is COC(=O)C1CCCN(C(=O)COc2cc(C)ccc2C(C)C)C1. The number of methoxy groups -OCH3 is 1. The molecule has 1 atom stereocenters. The zero-order valence-electron chi connectivity index (χ0n) is 15.0. The number of amides is 1. The van der Waals surface area contributed by atoms with Gasteiger partial charge in [-0.2, -0.15) is 0 Å². The summed E-state index contributed by atoms with van der Waals surface area (Å²) in [6, 6.07) is 6.07. The molecule has 5 nitrogen and oxygen atoms in total. The van der Waals surface area contributed by atoms with Crippen molar-refractivity contribution in [1.29, 1.82) is 0 Å². The summed E-state index contributed by atoms with van der Waals surface area (Å²) < 4.78 is 10.6. The highest BCUT2D eigenvalue weighted by Crippen LogP contribution is 2.27. The van der Waals surface area contributed by atoms with Crippen LogP contribution < -0.4 is 4.74 Å². The second kappa shape index (κ2) is 8.18. The van der Waals surface area contributed by atoms with Gasteiger partial charge in [-0.1, -0.05) is 26.0 Å². The molecular formula is C19H27NO4. The highest BCUT2D eigenvalue weighted by molar-refractivity contribution is 5.79. The zero-order chi connectivity index (χ0) is 17.7. The van der Waals surface area contributed by atoms with Gasteiger partial charge in [0.25, 0.3) is 5.91 Å². The molecule has 1 aromatic rings. The number of carbonyl (C=O) groups is 2. The van der Waals surface area contributed by atoms with Crippen molar-refractivity contribution in [1.82, 2.24) is 4.90 Å². The lowest BCUT2D eigenvalue weighted by Gasteiger charge is -2.31. The van der Waals surface area contributed by atoms with E-state index in [1.54, 1.807) is 4.90 Å². The van der Waals surface area contributed by atoms with E-state index in [2.05, 4.69) is 19.9 Å². The van der Waals surface area contributed by atoms with E-state index in [1.165, 1.54) is 7.11 Å². The van der Waals surface area contributed by atoms with Crippen molar-refractivity contribution in [3.63, 3.8) is 0 Å². The minimum atomic E-state index is -0.241. The number of piperidine rings is 1. The summed E-state index contributed by atoms with van der Waals surface area (Å²) in [4.78, 5) is 25.8. The van der Waals surface area contributed by atoms with Crippen molar-refractivity contribution >= 4 is 11.9 Å². The van der Waals surface area contributed by atoms with Crippen LogP contribution in [0.4, 0.5) is 0 Å². The highest BCUT2D eigenvalue weighted by atomic mass is 16.5. The third-order valence-corrected chi connectivity index (χ3v) is 4.45. The maximum absolute atomic E-state index is 12.4. The number of benzene rings is 1. The molecule has 0 aliphatic carbocycles. The quantitative estimate of drug-likeness (QED) is 0.778. The van der Waals surface area contributed by atoms with Crippen molar-refractivity contribution in [2.24, 2.45) is 5.92 Å². The van der Waals surface area contributed by atoms with E-state index >= 15 is 0 Å². The van der Waals surface area contributed by atoms with Crippen LogP contribution in [0, 0.1) is 12.8 Å². The van der Waals surface area contributed by atoms with E-state index < -0.39 is 0 Å². The largest absolute Gasteiger partial charge is 0.483 e. The van der Waals surface area contributed by atoms with Gasteiger partial charge in [0, 0.05) is 13.1 Å². The molecule has 0 N–H and O–H groups in total. The van der Waals surface area contributed by atoms with Crippen LogP contribution in [0.3, 0.4) is 0 Å². The Hall–Kier alpha value is -2.04. The number of hydrogen-bond donors (Lipinski definition) is 0. The fourth-order valence-corrected chi connectivity index (χ4v) is 3.04. The van der Waals surface area contributed by atoms with Gasteiger partial charge in [0.1, 0.15) is 5.75 Å². The molecule has 1 heterocycles. The van der Waals surface area contributed by atoms with Gasteiger partial charge in [-0.3, -0.25) is 9.59 Å². The Labute approximate surface area is 143 Å². The average Bonchev–Trinajstić information content (AvgIpc) is 2.58. The number of aryl methyl sites for hydroxylation is 1. The number of esters is 1. The Morgan fingerprint density at radius 3 is 2.75 bits per heavy atom. The van der Waals surface area contributed by atoms with Crippen molar-refractivity contribution in [3.8, 4) is 5.75 Å². The van der Waals surface area contributed by atoms with Gasteiger partial charge in [-0.15, -0.1) is 0 Å². The number of hydrogen-bond acceptors (Lipinski definition) is 4. The van der Waals surface area contributed by atoms with Gasteiger partial charge in [0.15, 0.2) is 6.61 Å². The Morgan fingerprint density at radius 2 is 2.08 bits per heavy atom. The van der Waals surface area contributed by atoms with Crippen molar-refractivity contribution in [3.05, 3.63) is 29.3 Å². The molecule has 1 aliphatic heterocycles. The second-order valence-corrected chi connectivity index (χ2v) is 6.69.